The van der Waals surface area contributed by atoms with Gasteiger partial charge in [-0.25, -0.2) is 0 Å². The Morgan fingerprint density at radius 3 is 2.26 bits per heavy atom. The number of halogens is 1. The van der Waals surface area contributed by atoms with Gasteiger partial charge in [0.25, 0.3) is 0 Å². The number of nitrogens with one attached hydrogen (secondary N) is 3. The average Bonchev–Trinajstić information content (AvgIpc) is 3.33. The van der Waals surface area contributed by atoms with E-state index in [1.807, 2.05) is 13.8 Å². The van der Waals surface area contributed by atoms with E-state index in [0.29, 0.717) is 64.2 Å². The maximum Gasteiger partial charge on any atom is 0.239 e. The van der Waals surface area contributed by atoms with Crippen molar-refractivity contribution in [2.75, 3.05) is 83.2 Å². The molecule has 0 saturated carbocycles. The van der Waals surface area contributed by atoms with Gasteiger partial charge in [-0.3, -0.25) is 0 Å². The molecule has 2 rings (SSSR count). The molecule has 2 atom stereocenters. The third-order valence-corrected chi connectivity index (χ3v) is 4.28. The standard InChI is InChI=1S/C20H30ClN5O7.C2H6/c1-2-4-28-6-8-30-10-11-31-9-7-29-5-3-23-17-16(12-22)18(25-19(21)24-17)26-20-32-14-15(13-27)33-20;1-2/h1,12,15,20,22,27H,3-11,13-14H2,(H2,23,24,25,26);1-2H3. The number of aromatic nitrogens is 2. The summed E-state index contributed by atoms with van der Waals surface area (Å²) < 4.78 is 32.2. The number of ether oxygens (including phenoxy) is 6. The number of hydrogen-bond donors (Lipinski definition) is 4. The molecule has 4 N–H and O–H groups in total. The van der Waals surface area contributed by atoms with Gasteiger partial charge in [0.15, 0.2) is 0 Å². The van der Waals surface area contributed by atoms with Crippen molar-refractivity contribution < 1.29 is 33.5 Å². The third-order valence-electron chi connectivity index (χ3n) is 4.11. The molecule has 13 heteroatoms. The molecule has 1 aliphatic heterocycles. The Kier molecular flexibility index (Phi) is 17.8. The van der Waals surface area contributed by atoms with Crippen LogP contribution in [0.5, 0.6) is 0 Å². The molecule has 35 heavy (non-hydrogen) atoms. The molecule has 12 nitrogen and oxygen atoms in total. The molecule has 198 valence electrons. The molecule has 1 aromatic heterocycles. The zero-order chi connectivity index (χ0) is 25.7. The predicted octanol–water partition coefficient (Wildman–Crippen LogP) is 1.37. The lowest BCUT2D eigenvalue weighted by molar-refractivity contribution is -0.0440. The first-order valence-corrected chi connectivity index (χ1v) is 11.8. The van der Waals surface area contributed by atoms with Gasteiger partial charge in [0.1, 0.15) is 24.3 Å². The molecule has 0 aliphatic carbocycles. The highest BCUT2D eigenvalue weighted by Crippen LogP contribution is 2.23. The number of terminal acetylenes is 1. The largest absolute Gasteiger partial charge is 0.394 e. The summed E-state index contributed by atoms with van der Waals surface area (Å²) in [6, 6.07) is 0. The second kappa shape index (κ2) is 20.1. The van der Waals surface area contributed by atoms with Crippen LogP contribution in [0.15, 0.2) is 0 Å². The number of nitrogens with zero attached hydrogens (tertiary/aromatic N) is 2. The average molecular weight is 518 g/mol. The maximum atomic E-state index is 9.13. The molecule has 2 heterocycles. The summed E-state index contributed by atoms with van der Waals surface area (Å²) in [6.45, 7) is 7.91. The van der Waals surface area contributed by atoms with E-state index in [9.17, 15) is 0 Å². The molecule has 1 saturated heterocycles. The lowest BCUT2D eigenvalue weighted by Crippen LogP contribution is -2.24. The second-order valence-corrected chi connectivity index (χ2v) is 6.86. The Morgan fingerprint density at radius 1 is 1.09 bits per heavy atom. The number of rotatable bonds is 18. The molecular formula is C22H36ClN5O7. The van der Waals surface area contributed by atoms with Crippen LogP contribution in [0.3, 0.4) is 0 Å². The van der Waals surface area contributed by atoms with Crippen molar-refractivity contribution in [1.29, 1.82) is 5.41 Å². The molecule has 0 bridgehead atoms. The van der Waals surface area contributed by atoms with Gasteiger partial charge in [0, 0.05) is 12.8 Å². The van der Waals surface area contributed by atoms with E-state index in [-0.39, 0.29) is 30.9 Å². The first-order chi connectivity index (χ1) is 17.2. The minimum absolute atomic E-state index is 0.0125. The number of aliphatic hydroxyl groups excluding tert-OH is 1. The Morgan fingerprint density at radius 2 is 1.69 bits per heavy atom. The fourth-order valence-electron chi connectivity index (χ4n) is 2.59. The molecular weight excluding hydrogens is 482 g/mol. The molecule has 0 spiro atoms. The Balaban J connectivity index is 0.00000298. The monoisotopic (exact) mass is 517 g/mol. The highest BCUT2D eigenvalue weighted by molar-refractivity contribution is 6.28. The summed E-state index contributed by atoms with van der Waals surface area (Å²) in [5.74, 6) is 3.02. The van der Waals surface area contributed by atoms with E-state index in [4.69, 9.17) is 57.0 Å². The first kappa shape index (κ1) is 31.0. The Labute approximate surface area is 211 Å². The quantitative estimate of drug-likeness (QED) is 0.0967. The molecule has 1 fully saturated rings. The van der Waals surface area contributed by atoms with Gasteiger partial charge >= 0.3 is 0 Å². The van der Waals surface area contributed by atoms with Crippen molar-refractivity contribution in [2.45, 2.75) is 26.4 Å². The van der Waals surface area contributed by atoms with Gasteiger partial charge in [-0.1, -0.05) is 19.8 Å². The third kappa shape index (κ3) is 13.0. The molecule has 0 radical (unpaired) electrons. The molecule has 0 amide bonds. The van der Waals surface area contributed by atoms with Crippen molar-refractivity contribution in [2.24, 2.45) is 0 Å². The van der Waals surface area contributed by atoms with Gasteiger partial charge in [-0.2, -0.15) is 9.97 Å². The van der Waals surface area contributed by atoms with Crippen LogP contribution in [0.1, 0.15) is 19.4 Å². The van der Waals surface area contributed by atoms with Crippen molar-refractivity contribution in [1.82, 2.24) is 9.97 Å². The number of anilines is 2. The van der Waals surface area contributed by atoms with Crippen LogP contribution in [-0.4, -0.2) is 106 Å². The Bertz CT molecular complexity index is 754. The topological polar surface area (TPSA) is 149 Å². The predicted molar refractivity (Wildman–Crippen MR) is 132 cm³/mol. The zero-order valence-electron chi connectivity index (χ0n) is 20.3. The lowest BCUT2D eigenvalue weighted by Gasteiger charge is -2.17. The van der Waals surface area contributed by atoms with Crippen molar-refractivity contribution >= 4 is 29.5 Å². The first-order valence-electron chi connectivity index (χ1n) is 11.4. The molecule has 1 aromatic rings. The van der Waals surface area contributed by atoms with Gasteiger partial charge < -0.3 is 49.6 Å². The SMILES string of the molecule is C#CCOCCOCCOCCOCCNc1nc(Cl)nc(NC2OCC(CO)O2)c1C=N.CC. The minimum atomic E-state index is -0.810. The molecule has 1 aliphatic rings. The highest BCUT2D eigenvalue weighted by atomic mass is 35.5. The highest BCUT2D eigenvalue weighted by Gasteiger charge is 2.27. The maximum absolute atomic E-state index is 9.13. The molecule has 0 aromatic carbocycles. The fourth-order valence-corrected chi connectivity index (χ4v) is 2.76. The summed E-state index contributed by atoms with van der Waals surface area (Å²) >= 11 is 6.01. The summed E-state index contributed by atoms with van der Waals surface area (Å²) in [5, 5.41) is 22.8. The van der Waals surface area contributed by atoms with Crippen molar-refractivity contribution in [3.8, 4) is 12.3 Å². The van der Waals surface area contributed by atoms with Gasteiger partial charge in [-0.05, 0) is 11.6 Å². The Hall–Kier alpha value is -2.08. The smallest absolute Gasteiger partial charge is 0.239 e. The van der Waals surface area contributed by atoms with Gasteiger partial charge in [-0.15, -0.1) is 6.42 Å². The summed E-state index contributed by atoms with van der Waals surface area (Å²) in [7, 11) is 0. The normalized spacial score (nSPS) is 16.8. The van der Waals surface area contributed by atoms with E-state index in [1.54, 1.807) is 0 Å². The van der Waals surface area contributed by atoms with Crippen LogP contribution in [0, 0.1) is 17.8 Å². The van der Waals surface area contributed by atoms with Crippen LogP contribution < -0.4 is 10.6 Å². The lowest BCUT2D eigenvalue weighted by atomic mass is 10.3. The van der Waals surface area contributed by atoms with E-state index in [0.717, 1.165) is 6.21 Å². The van der Waals surface area contributed by atoms with Crippen LogP contribution >= 0.6 is 11.6 Å². The summed E-state index contributed by atoms with van der Waals surface area (Å²) in [5.41, 5.74) is 0.382. The van der Waals surface area contributed by atoms with Crippen LogP contribution in [0.2, 0.25) is 5.28 Å². The van der Waals surface area contributed by atoms with Gasteiger partial charge in [0.05, 0.1) is 65.0 Å². The fraction of sp³-hybridized carbons (Fsp3) is 0.682. The summed E-state index contributed by atoms with van der Waals surface area (Å²) in [6.07, 6.45) is 4.93. The number of aliphatic hydroxyl groups is 1. The minimum Gasteiger partial charge on any atom is -0.394 e. The van der Waals surface area contributed by atoms with E-state index >= 15 is 0 Å². The van der Waals surface area contributed by atoms with Crippen LogP contribution in [-0.2, 0) is 28.4 Å². The molecule has 2 unspecified atom stereocenters. The van der Waals surface area contributed by atoms with Crippen LogP contribution in [0.25, 0.3) is 0 Å². The zero-order valence-corrected chi connectivity index (χ0v) is 21.0. The van der Waals surface area contributed by atoms with Crippen molar-refractivity contribution in [3.05, 3.63) is 10.8 Å². The van der Waals surface area contributed by atoms with E-state index < -0.39 is 12.5 Å². The summed E-state index contributed by atoms with van der Waals surface area (Å²) in [4.78, 5) is 8.22. The second-order valence-electron chi connectivity index (χ2n) is 6.52. The van der Waals surface area contributed by atoms with Crippen LogP contribution in [0.4, 0.5) is 11.6 Å². The van der Waals surface area contributed by atoms with Crippen molar-refractivity contribution in [3.63, 3.8) is 0 Å². The number of hydrogen-bond acceptors (Lipinski definition) is 12. The van der Waals surface area contributed by atoms with Gasteiger partial charge in [0.2, 0.25) is 11.7 Å². The van der Waals surface area contributed by atoms with E-state index in [2.05, 4.69) is 26.5 Å². The van der Waals surface area contributed by atoms with E-state index in [1.165, 1.54) is 0 Å².